The van der Waals surface area contributed by atoms with E-state index in [1.165, 1.54) is 18.4 Å². The summed E-state index contributed by atoms with van der Waals surface area (Å²) in [5, 5.41) is 13.0. The van der Waals surface area contributed by atoms with Gasteiger partial charge in [0, 0.05) is 31.2 Å². The summed E-state index contributed by atoms with van der Waals surface area (Å²) in [5.74, 6) is 0.348. The molecular formula is C17H28N2O. The number of hydrogen-bond acceptors (Lipinski definition) is 3. The van der Waals surface area contributed by atoms with Gasteiger partial charge >= 0.3 is 0 Å². The molecule has 3 nitrogen and oxygen atoms in total. The van der Waals surface area contributed by atoms with Gasteiger partial charge in [0.25, 0.3) is 0 Å². The third-order valence-electron chi connectivity index (χ3n) is 4.54. The highest BCUT2D eigenvalue weighted by atomic mass is 16.3. The Morgan fingerprint density at radius 1 is 1.25 bits per heavy atom. The fraction of sp³-hybridized carbons (Fsp3) is 0.647. The molecule has 1 fully saturated rings. The van der Waals surface area contributed by atoms with Crippen molar-refractivity contribution in [3.05, 3.63) is 29.8 Å². The van der Waals surface area contributed by atoms with E-state index >= 15 is 0 Å². The van der Waals surface area contributed by atoms with Gasteiger partial charge in [0.05, 0.1) is 0 Å². The molecule has 2 N–H and O–H groups in total. The zero-order chi connectivity index (χ0) is 14.5. The van der Waals surface area contributed by atoms with E-state index in [-0.39, 0.29) is 0 Å². The van der Waals surface area contributed by atoms with Crippen LogP contribution in [0, 0.1) is 0 Å². The number of piperazine rings is 1. The number of benzene rings is 1. The molecule has 3 unspecified atom stereocenters. The molecule has 0 radical (unpaired) electrons. The van der Waals surface area contributed by atoms with Gasteiger partial charge in [-0.25, -0.2) is 0 Å². The maximum absolute atomic E-state index is 9.37. The maximum Gasteiger partial charge on any atom is 0.115 e. The van der Waals surface area contributed by atoms with Gasteiger partial charge in [-0.3, -0.25) is 4.90 Å². The van der Waals surface area contributed by atoms with E-state index in [9.17, 15) is 5.11 Å². The summed E-state index contributed by atoms with van der Waals surface area (Å²) >= 11 is 0. The monoisotopic (exact) mass is 276 g/mol. The molecule has 2 rings (SSSR count). The van der Waals surface area contributed by atoms with Crippen molar-refractivity contribution in [2.24, 2.45) is 0 Å². The highest BCUT2D eigenvalue weighted by molar-refractivity contribution is 5.26. The molecular weight excluding hydrogens is 248 g/mol. The molecule has 1 aliphatic rings. The first-order valence-electron chi connectivity index (χ1n) is 7.91. The molecule has 1 aromatic rings. The summed E-state index contributed by atoms with van der Waals surface area (Å²) in [6.07, 6.45) is 3.44. The zero-order valence-corrected chi connectivity index (χ0v) is 13.0. The SMILES string of the molecule is CCC1CN(C(C)Cc2ccc(O)cc2)C(CC)CN1. The lowest BCUT2D eigenvalue weighted by atomic mass is 9.99. The van der Waals surface area contributed by atoms with E-state index in [1.54, 1.807) is 12.1 Å². The first-order valence-corrected chi connectivity index (χ1v) is 7.91. The molecule has 1 saturated heterocycles. The Labute approximate surface area is 123 Å². The molecule has 0 saturated carbocycles. The van der Waals surface area contributed by atoms with Gasteiger partial charge in [0.2, 0.25) is 0 Å². The largest absolute Gasteiger partial charge is 0.508 e. The van der Waals surface area contributed by atoms with Crippen molar-refractivity contribution in [1.82, 2.24) is 10.2 Å². The van der Waals surface area contributed by atoms with Gasteiger partial charge in [-0.2, -0.15) is 0 Å². The van der Waals surface area contributed by atoms with Crippen LogP contribution in [0.25, 0.3) is 0 Å². The Hall–Kier alpha value is -1.06. The molecule has 0 spiro atoms. The number of phenols is 1. The van der Waals surface area contributed by atoms with Crippen LogP contribution >= 0.6 is 0 Å². The quantitative estimate of drug-likeness (QED) is 0.868. The number of phenolic OH excluding ortho intramolecular Hbond substituents is 1. The average Bonchev–Trinajstić information content (AvgIpc) is 2.48. The van der Waals surface area contributed by atoms with Crippen LogP contribution in [0.15, 0.2) is 24.3 Å². The highest BCUT2D eigenvalue weighted by Crippen LogP contribution is 2.19. The maximum atomic E-state index is 9.37. The second-order valence-electron chi connectivity index (χ2n) is 5.99. The second-order valence-corrected chi connectivity index (χ2v) is 5.99. The summed E-state index contributed by atoms with van der Waals surface area (Å²) in [6.45, 7) is 9.11. The van der Waals surface area contributed by atoms with Gasteiger partial charge in [0.1, 0.15) is 5.75 Å². The first kappa shape index (κ1) is 15.3. The van der Waals surface area contributed by atoms with Crippen molar-refractivity contribution in [2.45, 2.75) is 58.2 Å². The van der Waals surface area contributed by atoms with Crippen LogP contribution in [-0.4, -0.2) is 41.2 Å². The summed E-state index contributed by atoms with van der Waals surface area (Å²) < 4.78 is 0. The van der Waals surface area contributed by atoms with E-state index < -0.39 is 0 Å². The minimum Gasteiger partial charge on any atom is -0.508 e. The molecule has 112 valence electrons. The number of nitrogens with zero attached hydrogens (tertiary/aromatic N) is 1. The topological polar surface area (TPSA) is 35.5 Å². The van der Waals surface area contributed by atoms with E-state index in [4.69, 9.17) is 0 Å². The third kappa shape index (κ3) is 3.74. The molecule has 3 heteroatoms. The van der Waals surface area contributed by atoms with Gasteiger partial charge in [-0.1, -0.05) is 26.0 Å². The van der Waals surface area contributed by atoms with E-state index in [1.807, 2.05) is 12.1 Å². The van der Waals surface area contributed by atoms with Crippen LogP contribution in [0.4, 0.5) is 0 Å². The van der Waals surface area contributed by atoms with Crippen LogP contribution < -0.4 is 5.32 Å². The summed E-state index contributed by atoms with van der Waals surface area (Å²) in [6, 6.07) is 9.45. The number of hydrogen-bond donors (Lipinski definition) is 2. The molecule has 3 atom stereocenters. The van der Waals surface area contributed by atoms with Gasteiger partial charge < -0.3 is 10.4 Å². The predicted molar refractivity (Wildman–Crippen MR) is 84.1 cm³/mol. The summed E-state index contributed by atoms with van der Waals surface area (Å²) in [5.41, 5.74) is 1.30. The molecule has 1 aromatic carbocycles. The Morgan fingerprint density at radius 3 is 2.55 bits per heavy atom. The van der Waals surface area contributed by atoms with Crippen molar-refractivity contribution in [2.75, 3.05) is 13.1 Å². The van der Waals surface area contributed by atoms with Crippen molar-refractivity contribution in [3.8, 4) is 5.75 Å². The smallest absolute Gasteiger partial charge is 0.115 e. The summed E-state index contributed by atoms with van der Waals surface area (Å²) in [4.78, 5) is 2.66. The number of rotatable bonds is 5. The Balaban J connectivity index is 2.01. The Bertz CT molecular complexity index is 404. The van der Waals surface area contributed by atoms with Crippen LogP contribution in [0.1, 0.15) is 39.2 Å². The van der Waals surface area contributed by atoms with Crippen LogP contribution in [0.3, 0.4) is 0 Å². The number of nitrogens with one attached hydrogen (secondary N) is 1. The molecule has 20 heavy (non-hydrogen) atoms. The van der Waals surface area contributed by atoms with Crippen molar-refractivity contribution in [3.63, 3.8) is 0 Å². The van der Waals surface area contributed by atoms with Gasteiger partial charge in [-0.15, -0.1) is 0 Å². The Morgan fingerprint density at radius 2 is 1.95 bits per heavy atom. The minimum absolute atomic E-state index is 0.348. The molecule has 0 aromatic heterocycles. The van der Waals surface area contributed by atoms with Gasteiger partial charge in [-0.05, 0) is 43.9 Å². The van der Waals surface area contributed by atoms with E-state index in [0.29, 0.717) is 23.9 Å². The van der Waals surface area contributed by atoms with E-state index in [0.717, 1.165) is 19.5 Å². The lowest BCUT2D eigenvalue weighted by molar-refractivity contribution is 0.0851. The van der Waals surface area contributed by atoms with Crippen molar-refractivity contribution in [1.29, 1.82) is 0 Å². The van der Waals surface area contributed by atoms with Crippen LogP contribution in [-0.2, 0) is 6.42 Å². The lowest BCUT2D eigenvalue weighted by Crippen LogP contribution is -2.58. The second kappa shape index (κ2) is 7.09. The van der Waals surface area contributed by atoms with Crippen molar-refractivity contribution >= 4 is 0 Å². The van der Waals surface area contributed by atoms with E-state index in [2.05, 4.69) is 31.0 Å². The molecule has 0 aliphatic carbocycles. The number of aromatic hydroxyl groups is 1. The zero-order valence-electron chi connectivity index (χ0n) is 13.0. The molecule has 1 aliphatic heterocycles. The summed E-state index contributed by atoms with van der Waals surface area (Å²) in [7, 11) is 0. The first-order chi connectivity index (χ1) is 9.63. The standard InChI is InChI=1S/C17H28N2O/c1-4-15-12-19(16(5-2)11-18-15)13(3)10-14-6-8-17(20)9-7-14/h6-9,13,15-16,18,20H,4-5,10-12H2,1-3H3. The predicted octanol–water partition coefficient (Wildman–Crippen LogP) is 2.79. The fourth-order valence-corrected chi connectivity index (χ4v) is 3.17. The van der Waals surface area contributed by atoms with Crippen molar-refractivity contribution < 1.29 is 5.11 Å². The van der Waals surface area contributed by atoms with Crippen LogP contribution in [0.5, 0.6) is 5.75 Å². The molecule has 0 bridgehead atoms. The minimum atomic E-state index is 0.348. The molecule has 1 heterocycles. The highest BCUT2D eigenvalue weighted by Gasteiger charge is 2.29. The van der Waals surface area contributed by atoms with Crippen LogP contribution in [0.2, 0.25) is 0 Å². The Kier molecular flexibility index (Phi) is 5.44. The lowest BCUT2D eigenvalue weighted by Gasteiger charge is -2.43. The average molecular weight is 276 g/mol. The van der Waals surface area contributed by atoms with Gasteiger partial charge in [0.15, 0.2) is 0 Å². The fourth-order valence-electron chi connectivity index (χ4n) is 3.17. The third-order valence-corrected chi connectivity index (χ3v) is 4.54. The molecule has 0 amide bonds. The normalized spacial score (nSPS) is 25.6.